The van der Waals surface area contributed by atoms with E-state index in [2.05, 4.69) is 5.32 Å². The minimum absolute atomic E-state index is 0.0755. The molecule has 1 aliphatic heterocycles. The molecule has 4 nitrogen and oxygen atoms in total. The van der Waals surface area contributed by atoms with Crippen molar-refractivity contribution in [2.45, 2.75) is 24.3 Å². The van der Waals surface area contributed by atoms with Gasteiger partial charge in [-0.05, 0) is 31.2 Å². The molecule has 18 heavy (non-hydrogen) atoms. The predicted molar refractivity (Wildman–Crippen MR) is 71.1 cm³/mol. The van der Waals surface area contributed by atoms with Crippen LogP contribution in [0.5, 0.6) is 5.75 Å². The largest absolute Gasteiger partial charge is 0.507 e. The summed E-state index contributed by atoms with van der Waals surface area (Å²) in [5.41, 5.74) is 1.66. The SMILES string of the molecule is CSc1ccc(C)c(O)c1C1CC(C(=O)O)CN1. The van der Waals surface area contributed by atoms with E-state index in [0.717, 1.165) is 16.0 Å². The Morgan fingerprint density at radius 1 is 1.50 bits per heavy atom. The van der Waals surface area contributed by atoms with Gasteiger partial charge in [-0.3, -0.25) is 4.79 Å². The summed E-state index contributed by atoms with van der Waals surface area (Å²) in [6.45, 7) is 2.31. The number of aromatic hydroxyl groups is 1. The van der Waals surface area contributed by atoms with Crippen molar-refractivity contribution in [2.75, 3.05) is 12.8 Å². The number of aryl methyl sites for hydroxylation is 1. The molecule has 0 amide bonds. The van der Waals surface area contributed by atoms with Gasteiger partial charge in [0, 0.05) is 23.0 Å². The molecule has 0 bridgehead atoms. The number of hydrogen-bond donors (Lipinski definition) is 3. The van der Waals surface area contributed by atoms with Gasteiger partial charge in [-0.25, -0.2) is 0 Å². The van der Waals surface area contributed by atoms with Crippen LogP contribution >= 0.6 is 11.8 Å². The zero-order valence-electron chi connectivity index (χ0n) is 10.4. The van der Waals surface area contributed by atoms with Crippen molar-refractivity contribution in [2.24, 2.45) is 5.92 Å². The van der Waals surface area contributed by atoms with Crippen LogP contribution in [0.4, 0.5) is 0 Å². The number of aliphatic carboxylic acids is 1. The van der Waals surface area contributed by atoms with Crippen LogP contribution in [0.15, 0.2) is 17.0 Å². The molecule has 0 aromatic heterocycles. The number of carbonyl (C=O) groups is 1. The zero-order chi connectivity index (χ0) is 13.3. The number of hydrogen-bond acceptors (Lipinski definition) is 4. The second-order valence-electron chi connectivity index (χ2n) is 4.58. The first-order chi connectivity index (χ1) is 8.54. The Kier molecular flexibility index (Phi) is 3.82. The van der Waals surface area contributed by atoms with Crippen molar-refractivity contribution in [1.82, 2.24) is 5.32 Å². The van der Waals surface area contributed by atoms with Crippen molar-refractivity contribution in [3.8, 4) is 5.75 Å². The van der Waals surface area contributed by atoms with Gasteiger partial charge in [-0.1, -0.05) is 6.07 Å². The van der Waals surface area contributed by atoms with Crippen LogP contribution in [0.1, 0.15) is 23.6 Å². The smallest absolute Gasteiger partial charge is 0.307 e. The van der Waals surface area contributed by atoms with E-state index in [4.69, 9.17) is 5.11 Å². The zero-order valence-corrected chi connectivity index (χ0v) is 11.3. The monoisotopic (exact) mass is 267 g/mol. The molecule has 1 aliphatic rings. The Hall–Kier alpha value is -1.20. The molecule has 1 fully saturated rings. The van der Waals surface area contributed by atoms with Gasteiger partial charge in [0.1, 0.15) is 5.75 Å². The quantitative estimate of drug-likeness (QED) is 0.732. The lowest BCUT2D eigenvalue weighted by Gasteiger charge is -2.18. The Labute approximate surface area is 110 Å². The first-order valence-corrected chi connectivity index (χ1v) is 7.09. The molecule has 0 aliphatic carbocycles. The molecule has 1 heterocycles. The molecule has 2 atom stereocenters. The lowest BCUT2D eigenvalue weighted by Crippen LogP contribution is -2.17. The van der Waals surface area contributed by atoms with Crippen molar-refractivity contribution < 1.29 is 15.0 Å². The van der Waals surface area contributed by atoms with Crippen LogP contribution in [0.2, 0.25) is 0 Å². The lowest BCUT2D eigenvalue weighted by atomic mass is 9.97. The molecule has 5 heteroatoms. The summed E-state index contributed by atoms with van der Waals surface area (Å²) < 4.78 is 0. The topological polar surface area (TPSA) is 69.6 Å². The fourth-order valence-electron chi connectivity index (χ4n) is 2.36. The molecule has 1 saturated heterocycles. The molecule has 0 spiro atoms. The van der Waals surface area contributed by atoms with Crippen molar-refractivity contribution >= 4 is 17.7 Å². The van der Waals surface area contributed by atoms with E-state index in [1.807, 2.05) is 25.3 Å². The number of phenols is 1. The van der Waals surface area contributed by atoms with Crippen LogP contribution in [-0.4, -0.2) is 29.0 Å². The molecule has 0 saturated carbocycles. The van der Waals surface area contributed by atoms with Gasteiger partial charge >= 0.3 is 5.97 Å². The summed E-state index contributed by atoms with van der Waals surface area (Å²) in [7, 11) is 0. The maximum absolute atomic E-state index is 11.0. The van der Waals surface area contributed by atoms with Gasteiger partial charge < -0.3 is 15.5 Å². The fourth-order valence-corrected chi connectivity index (χ4v) is 3.02. The third kappa shape index (κ3) is 2.33. The van der Waals surface area contributed by atoms with Gasteiger partial charge in [0.25, 0.3) is 0 Å². The van der Waals surface area contributed by atoms with Crippen LogP contribution in [0, 0.1) is 12.8 Å². The number of nitrogens with one attached hydrogen (secondary N) is 1. The highest BCUT2D eigenvalue weighted by atomic mass is 32.2. The second-order valence-corrected chi connectivity index (χ2v) is 5.43. The van der Waals surface area contributed by atoms with Gasteiger partial charge in [0.05, 0.1) is 5.92 Å². The highest BCUT2D eigenvalue weighted by molar-refractivity contribution is 7.98. The van der Waals surface area contributed by atoms with E-state index in [1.165, 1.54) is 0 Å². The third-order valence-corrected chi connectivity index (χ3v) is 4.22. The van der Waals surface area contributed by atoms with Gasteiger partial charge in [-0.15, -0.1) is 11.8 Å². The molecule has 3 N–H and O–H groups in total. The molecule has 98 valence electrons. The van der Waals surface area contributed by atoms with E-state index in [9.17, 15) is 9.90 Å². The first kappa shape index (κ1) is 13.2. The van der Waals surface area contributed by atoms with E-state index in [0.29, 0.717) is 13.0 Å². The minimum atomic E-state index is -0.775. The average Bonchev–Trinajstić information content (AvgIpc) is 2.81. The van der Waals surface area contributed by atoms with E-state index in [1.54, 1.807) is 11.8 Å². The lowest BCUT2D eigenvalue weighted by molar-refractivity contribution is -0.141. The summed E-state index contributed by atoms with van der Waals surface area (Å²) in [4.78, 5) is 12.0. The first-order valence-electron chi connectivity index (χ1n) is 5.87. The number of phenolic OH excluding ortho intramolecular Hbond substituents is 1. The molecule has 2 unspecified atom stereocenters. The maximum Gasteiger partial charge on any atom is 0.307 e. The van der Waals surface area contributed by atoms with Crippen molar-refractivity contribution in [3.63, 3.8) is 0 Å². The molecule has 1 aromatic carbocycles. The van der Waals surface area contributed by atoms with Gasteiger partial charge in [0.15, 0.2) is 0 Å². The van der Waals surface area contributed by atoms with Crippen LogP contribution < -0.4 is 5.32 Å². The number of rotatable bonds is 3. The van der Waals surface area contributed by atoms with E-state index < -0.39 is 5.97 Å². The summed E-state index contributed by atoms with van der Waals surface area (Å²) in [6, 6.07) is 3.78. The fraction of sp³-hybridized carbons (Fsp3) is 0.462. The average molecular weight is 267 g/mol. The Balaban J connectivity index is 2.34. The third-order valence-electron chi connectivity index (χ3n) is 3.43. The summed E-state index contributed by atoms with van der Waals surface area (Å²) >= 11 is 1.57. The molecule has 2 rings (SSSR count). The van der Waals surface area contributed by atoms with Gasteiger partial charge in [-0.2, -0.15) is 0 Å². The highest BCUT2D eigenvalue weighted by Gasteiger charge is 2.32. The molecular weight excluding hydrogens is 250 g/mol. The van der Waals surface area contributed by atoms with Crippen LogP contribution in [0.3, 0.4) is 0 Å². The molecular formula is C13H17NO3S. The molecule has 0 radical (unpaired) electrons. The van der Waals surface area contributed by atoms with Crippen LogP contribution in [-0.2, 0) is 4.79 Å². The van der Waals surface area contributed by atoms with Crippen molar-refractivity contribution in [3.05, 3.63) is 23.3 Å². The summed E-state index contributed by atoms with van der Waals surface area (Å²) in [6.07, 6.45) is 2.48. The normalized spacial score (nSPS) is 23.2. The number of thioether (sulfide) groups is 1. The van der Waals surface area contributed by atoms with Gasteiger partial charge in [0.2, 0.25) is 0 Å². The maximum atomic E-state index is 11.0. The number of carboxylic acids is 1. The van der Waals surface area contributed by atoms with Crippen molar-refractivity contribution in [1.29, 1.82) is 0 Å². The van der Waals surface area contributed by atoms with Crippen LogP contribution in [0.25, 0.3) is 0 Å². The summed E-state index contributed by atoms with van der Waals surface area (Å²) in [5.74, 6) is -0.863. The van der Waals surface area contributed by atoms with E-state index in [-0.39, 0.29) is 17.7 Å². The number of carboxylic acid groups (broad SMARTS) is 1. The minimum Gasteiger partial charge on any atom is -0.507 e. The predicted octanol–water partition coefficient (Wildman–Crippen LogP) is 2.16. The number of benzene rings is 1. The Morgan fingerprint density at radius 3 is 2.78 bits per heavy atom. The second kappa shape index (κ2) is 5.20. The molecule has 1 aromatic rings. The standard InChI is InChI=1S/C13H17NO3S/c1-7-3-4-10(18-2)11(12(7)15)9-5-8(6-14-9)13(16)17/h3-4,8-9,14-15H,5-6H2,1-2H3,(H,16,17). The highest BCUT2D eigenvalue weighted by Crippen LogP contribution is 2.40. The Morgan fingerprint density at radius 2 is 2.22 bits per heavy atom. The Bertz CT molecular complexity index is 476. The summed E-state index contributed by atoms with van der Waals surface area (Å²) in [5, 5.41) is 22.4. The van der Waals surface area contributed by atoms with E-state index >= 15 is 0 Å².